The number of hydrogen-bond acceptors (Lipinski definition) is 5. The standard InChI is InChI=1S/C9H10N4O2S/c1-2-5(9(14)15)16-8-6-7(11-3-10-6)12-4-13-8/h3-5H,2H2,1H3,(H,14,15)(H,10,11,12,13)/t5-/m0/s1. The van der Waals surface area contributed by atoms with Crippen molar-refractivity contribution in [3.63, 3.8) is 0 Å². The summed E-state index contributed by atoms with van der Waals surface area (Å²) in [6, 6.07) is 0. The number of carboxylic acid groups (broad SMARTS) is 1. The molecule has 7 heteroatoms. The number of fused-ring (bicyclic) bond motifs is 1. The average Bonchev–Trinajstić information content (AvgIpc) is 2.73. The van der Waals surface area contributed by atoms with Crippen LogP contribution in [0.2, 0.25) is 0 Å². The molecule has 2 rings (SSSR count). The Kier molecular flexibility index (Phi) is 3.04. The number of carbonyl (C=O) groups is 1. The summed E-state index contributed by atoms with van der Waals surface area (Å²) in [5.74, 6) is -0.834. The molecule has 0 aliphatic carbocycles. The third kappa shape index (κ3) is 1.99. The second-order valence-electron chi connectivity index (χ2n) is 3.13. The highest BCUT2D eigenvalue weighted by atomic mass is 32.2. The average molecular weight is 238 g/mol. The van der Waals surface area contributed by atoms with Crippen LogP contribution in [-0.2, 0) is 4.79 Å². The van der Waals surface area contributed by atoms with Gasteiger partial charge in [-0.1, -0.05) is 18.7 Å². The van der Waals surface area contributed by atoms with Crippen molar-refractivity contribution < 1.29 is 9.90 Å². The van der Waals surface area contributed by atoms with Gasteiger partial charge in [0.25, 0.3) is 0 Å². The Balaban J connectivity index is 2.33. The van der Waals surface area contributed by atoms with Gasteiger partial charge in [0, 0.05) is 0 Å². The monoisotopic (exact) mass is 238 g/mol. The topological polar surface area (TPSA) is 91.8 Å². The Bertz CT molecular complexity index is 513. The van der Waals surface area contributed by atoms with Crippen LogP contribution in [0.3, 0.4) is 0 Å². The lowest BCUT2D eigenvalue weighted by Gasteiger charge is -2.08. The van der Waals surface area contributed by atoms with Crippen LogP contribution >= 0.6 is 11.8 Å². The van der Waals surface area contributed by atoms with Crippen molar-refractivity contribution in [2.24, 2.45) is 0 Å². The first-order valence-electron chi connectivity index (χ1n) is 4.76. The number of hydrogen-bond donors (Lipinski definition) is 2. The van der Waals surface area contributed by atoms with Crippen LogP contribution in [0.1, 0.15) is 13.3 Å². The molecule has 0 unspecified atom stereocenters. The smallest absolute Gasteiger partial charge is 0.317 e. The van der Waals surface area contributed by atoms with Crippen LogP contribution in [0.25, 0.3) is 11.2 Å². The van der Waals surface area contributed by atoms with Crippen LogP contribution in [0, 0.1) is 0 Å². The summed E-state index contributed by atoms with van der Waals surface area (Å²) in [5.41, 5.74) is 1.24. The molecule has 6 nitrogen and oxygen atoms in total. The molecule has 2 aromatic rings. The van der Waals surface area contributed by atoms with E-state index in [4.69, 9.17) is 5.11 Å². The first kappa shape index (κ1) is 10.9. The van der Waals surface area contributed by atoms with Gasteiger partial charge in [-0.15, -0.1) is 0 Å². The molecule has 2 N–H and O–H groups in total. The van der Waals surface area contributed by atoms with Gasteiger partial charge in [-0.05, 0) is 6.42 Å². The quantitative estimate of drug-likeness (QED) is 0.616. The van der Waals surface area contributed by atoms with Gasteiger partial charge in [-0.3, -0.25) is 4.79 Å². The summed E-state index contributed by atoms with van der Waals surface area (Å²) in [6.45, 7) is 1.83. The first-order valence-corrected chi connectivity index (χ1v) is 5.64. The second-order valence-corrected chi connectivity index (χ2v) is 4.32. The van der Waals surface area contributed by atoms with Crippen molar-refractivity contribution >= 4 is 28.9 Å². The van der Waals surface area contributed by atoms with E-state index in [1.165, 1.54) is 24.4 Å². The minimum Gasteiger partial charge on any atom is -0.480 e. The van der Waals surface area contributed by atoms with E-state index in [2.05, 4.69) is 19.9 Å². The number of carboxylic acids is 1. The number of thioether (sulfide) groups is 1. The Hall–Kier alpha value is -1.63. The number of rotatable bonds is 4. The molecule has 2 aromatic heterocycles. The fourth-order valence-electron chi connectivity index (χ4n) is 1.28. The lowest BCUT2D eigenvalue weighted by Crippen LogP contribution is -2.15. The maximum absolute atomic E-state index is 10.9. The maximum Gasteiger partial charge on any atom is 0.317 e. The largest absolute Gasteiger partial charge is 0.480 e. The highest BCUT2D eigenvalue weighted by molar-refractivity contribution is 8.00. The molecule has 16 heavy (non-hydrogen) atoms. The fraction of sp³-hybridized carbons (Fsp3) is 0.333. The van der Waals surface area contributed by atoms with Crippen LogP contribution in [0.4, 0.5) is 0 Å². The molecule has 0 fully saturated rings. The SMILES string of the molecule is CC[C@H](Sc1ncnc2nc[nH]c12)C(=O)O. The van der Waals surface area contributed by atoms with Crippen molar-refractivity contribution in [1.29, 1.82) is 0 Å². The highest BCUT2D eigenvalue weighted by Crippen LogP contribution is 2.27. The molecule has 0 saturated heterocycles. The van der Waals surface area contributed by atoms with Gasteiger partial charge in [0.15, 0.2) is 5.65 Å². The zero-order chi connectivity index (χ0) is 11.5. The third-order valence-corrected chi connectivity index (χ3v) is 3.44. The van der Waals surface area contributed by atoms with Crippen molar-refractivity contribution in [3.05, 3.63) is 12.7 Å². The minimum atomic E-state index is -0.834. The highest BCUT2D eigenvalue weighted by Gasteiger charge is 2.19. The molecule has 0 spiro atoms. The number of aliphatic carboxylic acids is 1. The van der Waals surface area contributed by atoms with E-state index in [-0.39, 0.29) is 0 Å². The molecule has 0 aromatic carbocycles. The summed E-state index contributed by atoms with van der Waals surface area (Å²) in [5, 5.41) is 9.09. The summed E-state index contributed by atoms with van der Waals surface area (Å²) < 4.78 is 0. The van der Waals surface area contributed by atoms with Crippen molar-refractivity contribution in [3.8, 4) is 0 Å². The van der Waals surface area contributed by atoms with E-state index in [1.807, 2.05) is 6.92 Å². The van der Waals surface area contributed by atoms with Crippen LogP contribution in [-0.4, -0.2) is 36.3 Å². The van der Waals surface area contributed by atoms with E-state index >= 15 is 0 Å². The lowest BCUT2D eigenvalue weighted by molar-refractivity contribution is -0.136. The second kappa shape index (κ2) is 4.48. The summed E-state index contributed by atoms with van der Waals surface area (Å²) in [7, 11) is 0. The van der Waals surface area contributed by atoms with Gasteiger partial charge < -0.3 is 10.1 Å². The van der Waals surface area contributed by atoms with Crippen LogP contribution < -0.4 is 0 Å². The van der Waals surface area contributed by atoms with Crippen molar-refractivity contribution in [2.75, 3.05) is 0 Å². The predicted molar refractivity (Wildman–Crippen MR) is 59.3 cm³/mol. The molecule has 1 atom stereocenters. The normalized spacial score (nSPS) is 12.8. The summed E-state index contributed by atoms with van der Waals surface area (Å²) in [6.07, 6.45) is 3.45. The predicted octanol–water partition coefficient (Wildman–Crippen LogP) is 1.31. The Morgan fingerprint density at radius 3 is 3.06 bits per heavy atom. The number of H-pyrrole nitrogens is 1. The van der Waals surface area contributed by atoms with Crippen molar-refractivity contribution in [2.45, 2.75) is 23.6 Å². The number of nitrogens with one attached hydrogen (secondary N) is 1. The van der Waals surface area contributed by atoms with E-state index in [9.17, 15) is 4.79 Å². The number of imidazole rings is 1. The summed E-state index contributed by atoms with van der Waals surface area (Å²) in [4.78, 5) is 25.8. The Morgan fingerprint density at radius 2 is 2.38 bits per heavy atom. The number of aromatic amines is 1. The minimum absolute atomic E-state index is 0.499. The van der Waals surface area contributed by atoms with E-state index in [0.717, 1.165) is 0 Å². The van der Waals surface area contributed by atoms with Crippen LogP contribution in [0.5, 0.6) is 0 Å². The van der Waals surface area contributed by atoms with E-state index in [1.54, 1.807) is 0 Å². The third-order valence-electron chi connectivity index (χ3n) is 2.09. The first-order chi connectivity index (χ1) is 7.72. The van der Waals surface area contributed by atoms with Gasteiger partial charge in [0.1, 0.15) is 22.1 Å². The van der Waals surface area contributed by atoms with Gasteiger partial charge in [0.05, 0.1) is 6.33 Å². The van der Waals surface area contributed by atoms with E-state index < -0.39 is 11.2 Å². The summed E-state index contributed by atoms with van der Waals surface area (Å²) >= 11 is 1.21. The van der Waals surface area contributed by atoms with Crippen molar-refractivity contribution in [1.82, 2.24) is 19.9 Å². The molecule has 0 bridgehead atoms. The Labute approximate surface area is 95.5 Å². The molecule has 0 aliphatic heterocycles. The van der Waals surface area contributed by atoms with E-state index in [0.29, 0.717) is 22.6 Å². The molecular weight excluding hydrogens is 228 g/mol. The number of aromatic nitrogens is 4. The molecular formula is C9H10N4O2S. The van der Waals surface area contributed by atoms with Crippen LogP contribution in [0.15, 0.2) is 17.7 Å². The molecule has 0 amide bonds. The van der Waals surface area contributed by atoms with Gasteiger partial charge in [-0.25, -0.2) is 15.0 Å². The molecule has 84 valence electrons. The molecule has 0 saturated carbocycles. The fourth-order valence-corrected chi connectivity index (χ4v) is 2.19. The lowest BCUT2D eigenvalue weighted by atomic mass is 10.3. The molecule has 2 heterocycles. The number of nitrogens with zero attached hydrogens (tertiary/aromatic N) is 3. The maximum atomic E-state index is 10.9. The Morgan fingerprint density at radius 1 is 1.56 bits per heavy atom. The van der Waals surface area contributed by atoms with Gasteiger partial charge >= 0.3 is 5.97 Å². The molecule has 0 aliphatic rings. The zero-order valence-electron chi connectivity index (χ0n) is 8.54. The van der Waals surface area contributed by atoms with Gasteiger partial charge in [0.2, 0.25) is 0 Å². The zero-order valence-corrected chi connectivity index (χ0v) is 9.36. The molecule has 0 radical (unpaired) electrons. The van der Waals surface area contributed by atoms with Gasteiger partial charge in [-0.2, -0.15) is 0 Å².